The van der Waals surface area contributed by atoms with Crippen molar-refractivity contribution < 1.29 is 18.7 Å². The first-order chi connectivity index (χ1) is 6.63. The number of ether oxygens (including phenoxy) is 2. The van der Waals surface area contributed by atoms with Gasteiger partial charge in [0.1, 0.15) is 12.4 Å². The average Bonchev–Trinajstić information content (AvgIpc) is 2.52. The summed E-state index contributed by atoms with van der Waals surface area (Å²) in [7, 11) is 1.56. The third kappa shape index (κ3) is 2.88. The minimum absolute atomic E-state index is 0.140. The lowest BCUT2D eigenvalue weighted by atomic mass is 10.4. The largest absolute Gasteiger partial charge is 0.457 e. The van der Waals surface area contributed by atoms with Gasteiger partial charge >= 0.3 is 5.97 Å². The number of esters is 1. The Bertz CT molecular complexity index is 301. The zero-order valence-electron chi connectivity index (χ0n) is 8.57. The molecule has 1 aromatic heterocycles. The van der Waals surface area contributed by atoms with E-state index < -0.39 is 5.97 Å². The molecule has 14 heavy (non-hydrogen) atoms. The van der Waals surface area contributed by atoms with Crippen molar-refractivity contribution in [3.63, 3.8) is 0 Å². The molecule has 0 fully saturated rings. The van der Waals surface area contributed by atoms with Crippen LogP contribution in [0.15, 0.2) is 16.5 Å². The van der Waals surface area contributed by atoms with Gasteiger partial charge in [-0.05, 0) is 26.0 Å². The van der Waals surface area contributed by atoms with Crippen LogP contribution in [0.1, 0.15) is 30.2 Å². The molecule has 1 rings (SSSR count). The van der Waals surface area contributed by atoms with Crippen molar-refractivity contribution in [3.05, 3.63) is 23.7 Å². The lowest BCUT2D eigenvalue weighted by Crippen LogP contribution is -2.10. The summed E-state index contributed by atoms with van der Waals surface area (Å²) in [5, 5.41) is 0. The van der Waals surface area contributed by atoms with Crippen LogP contribution in [0.25, 0.3) is 0 Å². The van der Waals surface area contributed by atoms with Crippen molar-refractivity contribution in [2.24, 2.45) is 0 Å². The Kier molecular flexibility index (Phi) is 3.71. The highest BCUT2D eigenvalue weighted by Gasteiger charge is 2.13. The number of rotatable bonds is 4. The maximum Gasteiger partial charge on any atom is 0.374 e. The molecule has 0 radical (unpaired) electrons. The summed E-state index contributed by atoms with van der Waals surface area (Å²) in [5.74, 6) is 0.385. The summed E-state index contributed by atoms with van der Waals surface area (Å²) >= 11 is 0. The highest BCUT2D eigenvalue weighted by atomic mass is 16.6. The first kappa shape index (κ1) is 10.8. The van der Waals surface area contributed by atoms with Gasteiger partial charge in [-0.2, -0.15) is 0 Å². The van der Waals surface area contributed by atoms with Crippen LogP contribution in [0, 0.1) is 0 Å². The second-order valence-electron chi connectivity index (χ2n) is 3.15. The Balaban J connectivity index is 2.62. The zero-order valence-corrected chi connectivity index (χ0v) is 8.57. The summed E-state index contributed by atoms with van der Waals surface area (Å²) in [6.07, 6.45) is -0.140. The number of hydrogen-bond donors (Lipinski definition) is 0. The van der Waals surface area contributed by atoms with Crippen LogP contribution in [0.2, 0.25) is 0 Å². The molecule has 0 aliphatic heterocycles. The maximum absolute atomic E-state index is 11.3. The Morgan fingerprint density at radius 3 is 2.79 bits per heavy atom. The number of carbonyl (C=O) groups is 1. The Hall–Kier alpha value is -1.29. The van der Waals surface area contributed by atoms with Crippen LogP contribution >= 0.6 is 0 Å². The van der Waals surface area contributed by atoms with E-state index in [1.54, 1.807) is 33.1 Å². The standard InChI is InChI=1S/C10H14O4/c1-7(2)13-10(11)9-5-4-8(14-9)6-12-3/h4-5,7H,6H2,1-3H3. The molecule has 0 aromatic carbocycles. The van der Waals surface area contributed by atoms with Crippen LogP contribution in [-0.4, -0.2) is 19.2 Å². The minimum Gasteiger partial charge on any atom is -0.457 e. The van der Waals surface area contributed by atoms with Crippen LogP contribution in [0.4, 0.5) is 0 Å². The van der Waals surface area contributed by atoms with Gasteiger partial charge in [0.25, 0.3) is 0 Å². The van der Waals surface area contributed by atoms with Gasteiger partial charge in [0.05, 0.1) is 6.10 Å². The second-order valence-corrected chi connectivity index (χ2v) is 3.15. The summed E-state index contributed by atoms with van der Waals surface area (Å²) in [5.41, 5.74) is 0. The zero-order chi connectivity index (χ0) is 10.6. The van der Waals surface area contributed by atoms with Crippen molar-refractivity contribution in [2.45, 2.75) is 26.6 Å². The quantitative estimate of drug-likeness (QED) is 0.694. The van der Waals surface area contributed by atoms with Gasteiger partial charge in [-0.3, -0.25) is 0 Å². The van der Waals surface area contributed by atoms with E-state index in [4.69, 9.17) is 13.9 Å². The van der Waals surface area contributed by atoms with Gasteiger partial charge in [-0.25, -0.2) is 4.79 Å². The summed E-state index contributed by atoms with van der Waals surface area (Å²) < 4.78 is 15.0. The third-order valence-electron chi connectivity index (χ3n) is 1.49. The molecule has 0 N–H and O–H groups in total. The molecule has 0 spiro atoms. The van der Waals surface area contributed by atoms with Gasteiger partial charge in [0, 0.05) is 7.11 Å². The van der Waals surface area contributed by atoms with Crippen molar-refractivity contribution in [2.75, 3.05) is 7.11 Å². The molecule has 0 unspecified atom stereocenters. The number of furan rings is 1. The van der Waals surface area contributed by atoms with E-state index in [1.165, 1.54) is 0 Å². The molecule has 0 saturated carbocycles. The molecule has 0 bridgehead atoms. The van der Waals surface area contributed by atoms with E-state index in [1.807, 2.05) is 0 Å². The Morgan fingerprint density at radius 1 is 1.50 bits per heavy atom. The lowest BCUT2D eigenvalue weighted by Gasteiger charge is -2.04. The van der Waals surface area contributed by atoms with Crippen molar-refractivity contribution in [1.29, 1.82) is 0 Å². The molecule has 0 aliphatic rings. The normalized spacial score (nSPS) is 10.6. The number of carbonyl (C=O) groups excluding carboxylic acids is 1. The fraction of sp³-hybridized carbons (Fsp3) is 0.500. The highest BCUT2D eigenvalue weighted by Crippen LogP contribution is 2.10. The molecular weight excluding hydrogens is 184 g/mol. The molecule has 4 nitrogen and oxygen atoms in total. The van der Waals surface area contributed by atoms with Crippen LogP contribution in [-0.2, 0) is 16.1 Å². The molecule has 1 aromatic rings. The van der Waals surface area contributed by atoms with E-state index in [2.05, 4.69) is 0 Å². The first-order valence-corrected chi connectivity index (χ1v) is 4.42. The Morgan fingerprint density at radius 2 is 2.21 bits per heavy atom. The van der Waals surface area contributed by atoms with Crippen molar-refractivity contribution >= 4 is 5.97 Å². The second kappa shape index (κ2) is 4.81. The maximum atomic E-state index is 11.3. The average molecular weight is 198 g/mol. The van der Waals surface area contributed by atoms with Crippen LogP contribution < -0.4 is 0 Å². The predicted molar refractivity (Wildman–Crippen MR) is 50.0 cm³/mol. The van der Waals surface area contributed by atoms with E-state index >= 15 is 0 Å². The van der Waals surface area contributed by atoms with Crippen LogP contribution in [0.5, 0.6) is 0 Å². The van der Waals surface area contributed by atoms with Crippen molar-refractivity contribution in [3.8, 4) is 0 Å². The van der Waals surface area contributed by atoms with Gasteiger partial charge in [-0.1, -0.05) is 0 Å². The molecule has 0 amide bonds. The monoisotopic (exact) mass is 198 g/mol. The number of methoxy groups -OCH3 is 1. The van der Waals surface area contributed by atoms with E-state index in [0.29, 0.717) is 12.4 Å². The first-order valence-electron chi connectivity index (χ1n) is 4.42. The molecule has 0 saturated heterocycles. The SMILES string of the molecule is COCc1ccc(C(=O)OC(C)C)o1. The molecule has 78 valence electrons. The molecule has 0 aliphatic carbocycles. The third-order valence-corrected chi connectivity index (χ3v) is 1.49. The highest BCUT2D eigenvalue weighted by molar-refractivity contribution is 5.86. The molecule has 0 atom stereocenters. The fourth-order valence-electron chi connectivity index (χ4n) is 0.980. The predicted octanol–water partition coefficient (Wildman–Crippen LogP) is 1.99. The molecule has 1 heterocycles. The Labute approximate surface area is 82.8 Å². The topological polar surface area (TPSA) is 48.7 Å². The van der Waals surface area contributed by atoms with Gasteiger partial charge < -0.3 is 13.9 Å². The summed E-state index contributed by atoms with van der Waals surface area (Å²) in [4.78, 5) is 11.3. The van der Waals surface area contributed by atoms with Gasteiger partial charge in [-0.15, -0.1) is 0 Å². The molecule has 4 heteroatoms. The minimum atomic E-state index is -0.442. The van der Waals surface area contributed by atoms with Crippen LogP contribution in [0.3, 0.4) is 0 Å². The molecular formula is C10H14O4. The van der Waals surface area contributed by atoms with Gasteiger partial charge in [0.15, 0.2) is 0 Å². The van der Waals surface area contributed by atoms with E-state index in [-0.39, 0.29) is 11.9 Å². The smallest absolute Gasteiger partial charge is 0.374 e. The van der Waals surface area contributed by atoms with E-state index in [0.717, 1.165) is 0 Å². The van der Waals surface area contributed by atoms with Gasteiger partial charge in [0.2, 0.25) is 5.76 Å². The number of hydrogen-bond acceptors (Lipinski definition) is 4. The summed E-state index contributed by atoms with van der Waals surface area (Å²) in [6, 6.07) is 3.28. The van der Waals surface area contributed by atoms with E-state index in [9.17, 15) is 4.79 Å². The van der Waals surface area contributed by atoms with Crippen molar-refractivity contribution in [1.82, 2.24) is 0 Å². The fourth-order valence-corrected chi connectivity index (χ4v) is 0.980. The summed E-state index contributed by atoms with van der Waals surface area (Å²) in [6.45, 7) is 3.93. The lowest BCUT2D eigenvalue weighted by molar-refractivity contribution is 0.0335.